The summed E-state index contributed by atoms with van der Waals surface area (Å²) in [5, 5.41) is 9.12. The lowest BCUT2D eigenvalue weighted by Gasteiger charge is -2.41. The Morgan fingerprint density at radius 3 is 2.80 bits per heavy atom. The lowest BCUT2D eigenvalue weighted by molar-refractivity contribution is -0.148. The van der Waals surface area contributed by atoms with E-state index in [0.717, 1.165) is 38.9 Å². The monoisotopic (exact) mass is 467 g/mol. The van der Waals surface area contributed by atoms with Gasteiger partial charge in [0, 0.05) is 42.0 Å². The Bertz CT molecular complexity index is 1400. The Hall–Kier alpha value is -4.08. The van der Waals surface area contributed by atoms with Crippen LogP contribution < -0.4 is 11.0 Å². The second-order valence-corrected chi connectivity index (χ2v) is 8.79. The lowest BCUT2D eigenvalue weighted by atomic mass is 9.88. The quantitative estimate of drug-likeness (QED) is 0.386. The number of methoxy groups -OCH3 is 1. The van der Waals surface area contributed by atoms with Gasteiger partial charge in [0.25, 0.3) is 0 Å². The number of aromatic amines is 1. The van der Waals surface area contributed by atoms with E-state index in [1.807, 2.05) is 36.5 Å². The third kappa shape index (κ3) is 3.84. The molecule has 35 heavy (non-hydrogen) atoms. The van der Waals surface area contributed by atoms with E-state index in [-0.39, 0.29) is 18.2 Å². The molecule has 2 aliphatic heterocycles. The van der Waals surface area contributed by atoms with E-state index < -0.39 is 6.04 Å². The molecule has 4 heterocycles. The number of hydrogen-bond acceptors (Lipinski definition) is 8. The van der Waals surface area contributed by atoms with Crippen molar-refractivity contribution in [1.29, 1.82) is 0 Å². The van der Waals surface area contributed by atoms with Crippen molar-refractivity contribution in [2.45, 2.75) is 31.2 Å². The number of H-pyrrole nitrogens is 1. The van der Waals surface area contributed by atoms with Crippen LogP contribution in [-0.4, -0.2) is 34.0 Å². The van der Waals surface area contributed by atoms with Crippen LogP contribution in [0.3, 0.4) is 0 Å². The number of nitrogens with zero attached hydrogens (tertiary/aromatic N) is 4. The number of nitrogens with one attached hydrogen (secondary N) is 3. The topological polar surface area (TPSA) is 107 Å². The maximum Gasteiger partial charge on any atom is 0.323 e. The standard InChI is InChI=1S/C26H25N7O2/c1-35-26(34)22-13-20-19-9-2-3-10-21(19)28-23(20)24(18-8-5-11-27-14-18)33(22)15-16-6-4-7-17(12-16)25-29-31-32-30-25/h2-12,14,22,24-25,28H,13,15H2,1H3,(H,29,32)(H,30,31)/t22-,24?/m1/s1. The van der Waals surface area contributed by atoms with Crippen molar-refractivity contribution in [3.05, 3.63) is 101 Å². The van der Waals surface area contributed by atoms with Crippen molar-refractivity contribution in [3.8, 4) is 0 Å². The first-order valence-electron chi connectivity index (χ1n) is 11.5. The van der Waals surface area contributed by atoms with Crippen molar-refractivity contribution in [3.63, 3.8) is 0 Å². The van der Waals surface area contributed by atoms with Crippen LogP contribution in [0.5, 0.6) is 0 Å². The summed E-state index contributed by atoms with van der Waals surface area (Å²) in [7, 11) is 1.45. The van der Waals surface area contributed by atoms with E-state index in [0.29, 0.717) is 13.0 Å². The molecule has 3 N–H and O–H groups in total. The Labute approximate surface area is 202 Å². The fourth-order valence-electron chi connectivity index (χ4n) is 5.21. The summed E-state index contributed by atoms with van der Waals surface area (Å²) in [6.07, 6.45) is 3.95. The van der Waals surface area contributed by atoms with Gasteiger partial charge in [-0.1, -0.05) is 53.8 Å². The summed E-state index contributed by atoms with van der Waals surface area (Å²) in [4.78, 5) is 23.4. The Morgan fingerprint density at radius 1 is 1.11 bits per heavy atom. The summed E-state index contributed by atoms with van der Waals surface area (Å²) < 4.78 is 5.30. The zero-order chi connectivity index (χ0) is 23.8. The minimum Gasteiger partial charge on any atom is -0.468 e. The van der Waals surface area contributed by atoms with Gasteiger partial charge in [-0.3, -0.25) is 14.7 Å². The summed E-state index contributed by atoms with van der Waals surface area (Å²) in [6, 6.07) is 19.8. The molecule has 3 atom stereocenters. The van der Waals surface area contributed by atoms with E-state index in [1.165, 1.54) is 7.11 Å². The molecule has 0 bridgehead atoms. The predicted octanol–water partition coefficient (Wildman–Crippen LogP) is 3.73. The molecule has 0 saturated heterocycles. The number of para-hydroxylation sites is 1. The molecule has 176 valence electrons. The molecule has 0 aliphatic carbocycles. The normalized spacial score (nSPS) is 21.6. The average molecular weight is 468 g/mol. The van der Waals surface area contributed by atoms with Gasteiger partial charge in [-0.05, 0) is 34.4 Å². The summed E-state index contributed by atoms with van der Waals surface area (Å²) in [5.41, 5.74) is 12.1. The van der Waals surface area contributed by atoms with Crippen LogP contribution >= 0.6 is 0 Å². The van der Waals surface area contributed by atoms with Gasteiger partial charge in [-0.15, -0.1) is 5.11 Å². The van der Waals surface area contributed by atoms with Crippen LogP contribution in [-0.2, 0) is 22.5 Å². The van der Waals surface area contributed by atoms with E-state index in [1.54, 1.807) is 6.20 Å². The molecule has 2 unspecified atom stereocenters. The van der Waals surface area contributed by atoms with Gasteiger partial charge in [0.1, 0.15) is 6.04 Å². The maximum absolute atomic E-state index is 13.2. The van der Waals surface area contributed by atoms with Gasteiger partial charge in [0.05, 0.1) is 13.2 Å². The first-order valence-corrected chi connectivity index (χ1v) is 11.5. The highest BCUT2D eigenvalue weighted by Crippen LogP contribution is 2.41. The minimum atomic E-state index is -0.452. The van der Waals surface area contributed by atoms with E-state index >= 15 is 0 Å². The number of aromatic nitrogens is 2. The molecule has 9 heteroatoms. The van der Waals surface area contributed by atoms with Crippen LogP contribution in [0.4, 0.5) is 0 Å². The lowest BCUT2D eigenvalue weighted by Crippen LogP contribution is -2.48. The van der Waals surface area contributed by atoms with Crippen LogP contribution in [0.25, 0.3) is 10.9 Å². The molecule has 9 nitrogen and oxygen atoms in total. The van der Waals surface area contributed by atoms with E-state index in [9.17, 15) is 4.79 Å². The number of fused-ring (bicyclic) bond motifs is 3. The molecule has 2 aliphatic rings. The smallest absolute Gasteiger partial charge is 0.323 e. The van der Waals surface area contributed by atoms with Gasteiger partial charge in [0.2, 0.25) is 0 Å². The fourth-order valence-corrected chi connectivity index (χ4v) is 5.21. The highest BCUT2D eigenvalue weighted by atomic mass is 16.5. The van der Waals surface area contributed by atoms with Crippen molar-refractivity contribution >= 4 is 16.9 Å². The number of pyridine rings is 1. The van der Waals surface area contributed by atoms with Crippen LogP contribution in [0.2, 0.25) is 0 Å². The van der Waals surface area contributed by atoms with E-state index in [4.69, 9.17) is 4.74 Å². The highest BCUT2D eigenvalue weighted by Gasteiger charge is 2.41. The van der Waals surface area contributed by atoms with Gasteiger partial charge >= 0.3 is 5.97 Å². The third-order valence-corrected chi connectivity index (χ3v) is 6.78. The summed E-state index contributed by atoms with van der Waals surface area (Å²) in [6.45, 7) is 0.541. The van der Waals surface area contributed by atoms with Crippen LogP contribution in [0.1, 0.15) is 40.2 Å². The van der Waals surface area contributed by atoms with Crippen molar-refractivity contribution in [2.75, 3.05) is 7.11 Å². The highest BCUT2D eigenvalue weighted by molar-refractivity contribution is 5.87. The average Bonchev–Trinajstić information content (AvgIpc) is 3.57. The first kappa shape index (κ1) is 21.5. The molecular formula is C26H25N7O2. The van der Waals surface area contributed by atoms with Crippen LogP contribution in [0, 0.1) is 0 Å². The molecule has 6 rings (SSSR count). The third-order valence-electron chi connectivity index (χ3n) is 6.78. The SMILES string of the molecule is COC(=O)[C@H]1Cc2c([nH]c3ccccc23)C(c2cccnc2)N1Cc1cccc(C2N=NNN2)c1. The predicted molar refractivity (Wildman–Crippen MR) is 130 cm³/mol. The minimum absolute atomic E-state index is 0.196. The van der Waals surface area contributed by atoms with Crippen LogP contribution in [0.15, 0.2) is 83.4 Å². The summed E-state index contributed by atoms with van der Waals surface area (Å²) in [5.74, 6) is -0.249. The number of carbonyl (C=O) groups is 1. The Morgan fingerprint density at radius 2 is 2.00 bits per heavy atom. The van der Waals surface area contributed by atoms with Gasteiger partial charge in [-0.2, -0.15) is 5.43 Å². The maximum atomic E-state index is 13.2. The number of hydrogen-bond donors (Lipinski definition) is 3. The van der Waals surface area contributed by atoms with Crippen molar-refractivity contribution < 1.29 is 9.53 Å². The molecule has 0 saturated carbocycles. The number of ether oxygens (including phenoxy) is 1. The first-order chi connectivity index (χ1) is 17.2. The number of carbonyl (C=O) groups excluding carboxylic acids is 1. The zero-order valence-electron chi connectivity index (χ0n) is 19.2. The Balaban J connectivity index is 1.47. The van der Waals surface area contributed by atoms with Crippen molar-refractivity contribution in [1.82, 2.24) is 25.8 Å². The summed E-state index contributed by atoms with van der Waals surface area (Å²) >= 11 is 0. The molecule has 2 aromatic heterocycles. The van der Waals surface area contributed by atoms with Gasteiger partial charge < -0.3 is 9.72 Å². The molecule has 0 radical (unpaired) electrons. The second-order valence-electron chi connectivity index (χ2n) is 8.79. The molecule has 0 fully saturated rings. The number of hydrazine groups is 1. The number of esters is 1. The van der Waals surface area contributed by atoms with E-state index in [2.05, 4.69) is 66.5 Å². The van der Waals surface area contributed by atoms with Gasteiger partial charge in [-0.25, -0.2) is 5.53 Å². The molecular weight excluding hydrogens is 442 g/mol. The Kier molecular flexibility index (Phi) is 5.48. The van der Waals surface area contributed by atoms with Gasteiger partial charge in [0.15, 0.2) is 6.17 Å². The molecule has 4 aromatic rings. The number of benzene rings is 2. The largest absolute Gasteiger partial charge is 0.468 e. The zero-order valence-corrected chi connectivity index (χ0v) is 19.2. The fraction of sp³-hybridized carbons (Fsp3) is 0.231. The molecule has 0 spiro atoms. The van der Waals surface area contributed by atoms with Crippen molar-refractivity contribution in [2.24, 2.45) is 10.3 Å². The molecule has 2 aromatic carbocycles. The second kappa shape index (κ2) is 8.94. The number of rotatable bonds is 5. The molecule has 0 amide bonds.